The zero-order valence-corrected chi connectivity index (χ0v) is 16.6. The number of allylic oxidation sites excluding steroid dienone is 1. The Labute approximate surface area is 169 Å². The number of ether oxygens (including phenoxy) is 2. The summed E-state index contributed by atoms with van der Waals surface area (Å²) in [6.07, 6.45) is 5.51. The first-order chi connectivity index (χ1) is 14.0. The number of hydrogen-bond donors (Lipinski definition) is 0. The lowest BCUT2D eigenvalue weighted by Crippen LogP contribution is -2.24. The van der Waals surface area contributed by atoms with Crippen LogP contribution in [0.4, 0.5) is 8.78 Å². The maximum atomic E-state index is 13.5. The van der Waals surface area contributed by atoms with Crippen LogP contribution in [-0.4, -0.2) is 50.5 Å². The molecule has 3 rings (SSSR count). The Bertz CT molecular complexity index is 957. The van der Waals surface area contributed by atoms with Crippen molar-refractivity contribution < 1.29 is 18.3 Å². The van der Waals surface area contributed by atoms with Crippen LogP contribution in [0.2, 0.25) is 0 Å². The van der Waals surface area contributed by atoms with Gasteiger partial charge in [0, 0.05) is 56.0 Å². The molecule has 1 aliphatic heterocycles. The van der Waals surface area contributed by atoms with Crippen LogP contribution in [0.25, 0.3) is 5.57 Å². The van der Waals surface area contributed by atoms with Crippen LogP contribution in [0.15, 0.2) is 65.6 Å². The van der Waals surface area contributed by atoms with E-state index in [-0.39, 0.29) is 18.2 Å². The molecule has 0 N–H and O–H groups in total. The normalized spacial score (nSPS) is 19.2. The van der Waals surface area contributed by atoms with E-state index in [4.69, 9.17) is 9.47 Å². The SMILES string of the molecule is COc1cc(F)ccc1C1=C/N(C)/C=C(/COc2cccc(F)c2)N(C)C/N=C\1. The monoisotopic (exact) mass is 399 g/mol. The molecule has 1 aliphatic rings. The quantitative estimate of drug-likeness (QED) is 0.757. The molecule has 29 heavy (non-hydrogen) atoms. The number of halogens is 2. The molecule has 0 aromatic heterocycles. The molecule has 5 nitrogen and oxygen atoms in total. The number of benzene rings is 2. The summed E-state index contributed by atoms with van der Waals surface area (Å²) in [6.45, 7) is 0.649. The smallest absolute Gasteiger partial charge is 0.129 e. The van der Waals surface area contributed by atoms with Crippen LogP contribution >= 0.6 is 0 Å². The Morgan fingerprint density at radius 2 is 1.83 bits per heavy atom. The second-order valence-corrected chi connectivity index (χ2v) is 6.61. The van der Waals surface area contributed by atoms with Gasteiger partial charge in [-0.3, -0.25) is 4.99 Å². The predicted molar refractivity (Wildman–Crippen MR) is 110 cm³/mol. The molecule has 0 aliphatic carbocycles. The van der Waals surface area contributed by atoms with Crippen LogP contribution < -0.4 is 9.47 Å². The molecule has 0 fully saturated rings. The van der Waals surface area contributed by atoms with Crippen LogP contribution in [0, 0.1) is 11.6 Å². The fourth-order valence-corrected chi connectivity index (χ4v) is 2.88. The van der Waals surface area contributed by atoms with Crippen molar-refractivity contribution in [1.82, 2.24) is 9.80 Å². The summed E-state index contributed by atoms with van der Waals surface area (Å²) >= 11 is 0. The third-order valence-electron chi connectivity index (χ3n) is 4.37. The molecule has 2 aromatic rings. The van der Waals surface area contributed by atoms with Gasteiger partial charge in [0.25, 0.3) is 0 Å². The second-order valence-electron chi connectivity index (χ2n) is 6.61. The molecule has 0 saturated carbocycles. The first-order valence-electron chi connectivity index (χ1n) is 9.04. The topological polar surface area (TPSA) is 37.3 Å². The molecule has 0 atom stereocenters. The molecule has 0 bridgehead atoms. The molecule has 0 amide bonds. The molecule has 0 radical (unpaired) electrons. The van der Waals surface area contributed by atoms with Crippen molar-refractivity contribution in [2.45, 2.75) is 0 Å². The highest BCUT2D eigenvalue weighted by Crippen LogP contribution is 2.27. The van der Waals surface area contributed by atoms with Gasteiger partial charge in [0.1, 0.15) is 36.4 Å². The average Bonchev–Trinajstić information content (AvgIpc) is 2.76. The van der Waals surface area contributed by atoms with Gasteiger partial charge < -0.3 is 19.3 Å². The van der Waals surface area contributed by atoms with E-state index in [1.165, 1.54) is 31.4 Å². The highest BCUT2D eigenvalue weighted by atomic mass is 19.1. The number of hydrogen-bond acceptors (Lipinski definition) is 5. The Morgan fingerprint density at radius 3 is 2.59 bits per heavy atom. The Kier molecular flexibility index (Phi) is 6.49. The second kappa shape index (κ2) is 9.23. The van der Waals surface area contributed by atoms with Crippen molar-refractivity contribution in [3.8, 4) is 11.5 Å². The van der Waals surface area contributed by atoms with Crippen molar-refractivity contribution in [3.05, 3.63) is 77.8 Å². The van der Waals surface area contributed by atoms with Gasteiger partial charge in [0.15, 0.2) is 0 Å². The Hall–Kier alpha value is -3.35. The van der Waals surface area contributed by atoms with Gasteiger partial charge in [-0.25, -0.2) is 8.78 Å². The highest BCUT2D eigenvalue weighted by molar-refractivity contribution is 6.10. The van der Waals surface area contributed by atoms with E-state index in [1.54, 1.807) is 24.4 Å². The fraction of sp³-hybridized carbons (Fsp3) is 0.227. The minimum atomic E-state index is -0.365. The van der Waals surface area contributed by atoms with E-state index in [9.17, 15) is 8.78 Å². The molecule has 0 saturated heterocycles. The standard InChI is InChI=1S/C22H23F2N3O2/c1-26-12-16(21-8-7-18(24)10-22(21)28-3)11-25-15-27(2)19(13-26)14-29-20-6-4-5-17(23)9-20/h4-13H,14-15H2,1-3H3/b16-12+,19-13-,25-11-. The molecule has 0 unspecified atom stereocenters. The van der Waals surface area contributed by atoms with E-state index in [1.807, 2.05) is 36.3 Å². The molecule has 152 valence electrons. The van der Waals surface area contributed by atoms with Crippen molar-refractivity contribution in [2.75, 3.05) is 34.5 Å². The van der Waals surface area contributed by atoms with Crippen molar-refractivity contribution >= 4 is 11.8 Å². The minimum Gasteiger partial charge on any atom is -0.496 e. The summed E-state index contributed by atoms with van der Waals surface area (Å²) in [5.41, 5.74) is 2.37. The van der Waals surface area contributed by atoms with Crippen molar-refractivity contribution in [2.24, 2.45) is 4.99 Å². The summed E-state index contributed by atoms with van der Waals surface area (Å²) in [7, 11) is 5.28. The van der Waals surface area contributed by atoms with E-state index >= 15 is 0 Å². The van der Waals surface area contributed by atoms with Crippen molar-refractivity contribution in [1.29, 1.82) is 0 Å². The largest absolute Gasteiger partial charge is 0.496 e. The Balaban J connectivity index is 1.85. The summed E-state index contributed by atoms with van der Waals surface area (Å²) in [4.78, 5) is 8.29. The Morgan fingerprint density at radius 1 is 1.03 bits per heavy atom. The predicted octanol–water partition coefficient (Wildman–Crippen LogP) is 4.14. The maximum Gasteiger partial charge on any atom is 0.129 e. The van der Waals surface area contributed by atoms with E-state index < -0.39 is 0 Å². The summed E-state index contributed by atoms with van der Waals surface area (Å²) in [5, 5.41) is 0. The summed E-state index contributed by atoms with van der Waals surface area (Å²) in [6, 6.07) is 10.4. The molecule has 1 heterocycles. The number of likely N-dealkylation sites (N-methyl/N-ethyl adjacent to an activating group) is 1. The van der Waals surface area contributed by atoms with E-state index in [0.29, 0.717) is 18.2 Å². The van der Waals surface area contributed by atoms with Crippen LogP contribution in [-0.2, 0) is 0 Å². The van der Waals surface area contributed by atoms with Crippen molar-refractivity contribution in [3.63, 3.8) is 0 Å². The molecular formula is C22H23F2N3O2. The van der Waals surface area contributed by atoms with Crippen LogP contribution in [0.5, 0.6) is 11.5 Å². The van der Waals surface area contributed by atoms with Gasteiger partial charge in [0.05, 0.1) is 12.8 Å². The lowest BCUT2D eigenvalue weighted by molar-refractivity contribution is 0.288. The summed E-state index contributed by atoms with van der Waals surface area (Å²) in [5.74, 6) is 0.178. The third-order valence-corrected chi connectivity index (χ3v) is 4.37. The molecule has 2 aromatic carbocycles. The number of rotatable bonds is 5. The van der Waals surface area contributed by atoms with E-state index in [0.717, 1.165) is 16.8 Å². The molecule has 0 spiro atoms. The van der Waals surface area contributed by atoms with Gasteiger partial charge in [-0.05, 0) is 24.3 Å². The number of methoxy groups -OCH3 is 1. The molecule has 7 heteroatoms. The van der Waals surface area contributed by atoms with Crippen LogP contribution in [0.1, 0.15) is 5.56 Å². The van der Waals surface area contributed by atoms with Gasteiger partial charge in [-0.1, -0.05) is 6.07 Å². The number of nitrogens with zero attached hydrogens (tertiary/aromatic N) is 3. The lowest BCUT2D eigenvalue weighted by Gasteiger charge is -2.22. The summed E-state index contributed by atoms with van der Waals surface area (Å²) < 4.78 is 38.0. The minimum absolute atomic E-state index is 0.253. The number of aliphatic imine (C=N–C) groups is 1. The zero-order chi connectivity index (χ0) is 20.8. The average molecular weight is 399 g/mol. The fourth-order valence-electron chi connectivity index (χ4n) is 2.88. The maximum absolute atomic E-state index is 13.5. The first kappa shape index (κ1) is 20.4. The van der Waals surface area contributed by atoms with Gasteiger partial charge in [-0.2, -0.15) is 0 Å². The van der Waals surface area contributed by atoms with Gasteiger partial charge >= 0.3 is 0 Å². The lowest BCUT2D eigenvalue weighted by atomic mass is 10.1. The highest BCUT2D eigenvalue weighted by Gasteiger charge is 2.13. The van der Waals surface area contributed by atoms with Crippen LogP contribution in [0.3, 0.4) is 0 Å². The third kappa shape index (κ3) is 5.34. The van der Waals surface area contributed by atoms with Gasteiger partial charge in [0.2, 0.25) is 0 Å². The molecular weight excluding hydrogens is 376 g/mol. The van der Waals surface area contributed by atoms with E-state index in [2.05, 4.69) is 4.99 Å². The van der Waals surface area contributed by atoms with Gasteiger partial charge in [-0.15, -0.1) is 0 Å². The zero-order valence-electron chi connectivity index (χ0n) is 16.6. The first-order valence-corrected chi connectivity index (χ1v) is 9.04.